The van der Waals surface area contributed by atoms with Gasteiger partial charge in [0, 0.05) is 35.6 Å². The van der Waals surface area contributed by atoms with Gasteiger partial charge < -0.3 is 10.6 Å². The fourth-order valence-electron chi connectivity index (χ4n) is 5.40. The van der Waals surface area contributed by atoms with E-state index in [4.69, 9.17) is 0 Å². The molecule has 2 N–H and O–H groups in total. The maximum atomic E-state index is 13.2. The Bertz CT molecular complexity index is 1520. The van der Waals surface area contributed by atoms with E-state index in [1.807, 2.05) is 24.5 Å². The predicted octanol–water partition coefficient (Wildman–Crippen LogP) is 3.31. The number of carbonyl (C=O) groups is 2. The van der Waals surface area contributed by atoms with Gasteiger partial charge in [0.15, 0.2) is 5.69 Å². The zero-order chi connectivity index (χ0) is 26.2. The Kier molecular flexibility index (Phi) is 6.36. The topological polar surface area (TPSA) is 122 Å². The number of nitrogens with zero attached hydrogens (tertiary/aromatic N) is 7. The first kappa shape index (κ1) is 24.2. The molecule has 4 aromatic heterocycles. The first-order valence-corrected chi connectivity index (χ1v) is 13.2. The molecule has 2 aliphatic rings. The highest BCUT2D eigenvalue weighted by molar-refractivity contribution is 6.08. The lowest BCUT2D eigenvalue weighted by Gasteiger charge is -2.20. The molecular weight excluding hydrogens is 482 g/mol. The van der Waals surface area contributed by atoms with Crippen LogP contribution >= 0.6 is 0 Å². The number of hydrogen-bond acceptors (Lipinski definition) is 7. The van der Waals surface area contributed by atoms with Crippen molar-refractivity contribution < 1.29 is 9.59 Å². The van der Waals surface area contributed by atoms with E-state index in [9.17, 15) is 9.59 Å². The van der Waals surface area contributed by atoms with Gasteiger partial charge in [0.25, 0.3) is 5.91 Å². The van der Waals surface area contributed by atoms with Gasteiger partial charge in [-0.1, -0.05) is 11.3 Å². The van der Waals surface area contributed by atoms with Gasteiger partial charge in [-0.25, -0.2) is 4.52 Å². The number of pyridine rings is 2. The summed E-state index contributed by atoms with van der Waals surface area (Å²) < 4.78 is 3.70. The first-order chi connectivity index (χ1) is 18.5. The average molecular weight is 514 g/mol. The van der Waals surface area contributed by atoms with Crippen LogP contribution in [0.15, 0.2) is 36.8 Å². The highest BCUT2D eigenvalue weighted by Gasteiger charge is 2.23. The fraction of sp³-hybridized carbons (Fsp3) is 0.407. The maximum Gasteiger partial charge on any atom is 0.278 e. The molecule has 1 fully saturated rings. The van der Waals surface area contributed by atoms with E-state index in [0.717, 1.165) is 56.3 Å². The summed E-state index contributed by atoms with van der Waals surface area (Å²) in [6.45, 7) is 6.16. The zero-order valence-corrected chi connectivity index (χ0v) is 21.6. The summed E-state index contributed by atoms with van der Waals surface area (Å²) in [6.07, 6.45) is 10.9. The van der Waals surface area contributed by atoms with Crippen LogP contribution in [0.1, 0.15) is 54.5 Å². The molecule has 38 heavy (non-hydrogen) atoms. The van der Waals surface area contributed by atoms with Crippen LogP contribution in [0, 0.1) is 6.92 Å². The molecule has 11 nitrogen and oxygen atoms in total. The number of carbonyl (C=O) groups excluding carboxylic acids is 2. The van der Waals surface area contributed by atoms with E-state index in [0.29, 0.717) is 35.2 Å². The molecule has 2 aliphatic heterocycles. The van der Waals surface area contributed by atoms with Gasteiger partial charge in [-0.05, 0) is 64.6 Å². The standard InChI is InChI=1S/C27H31N9O2/c1-17-6-5-10-34(17)16-25(37)30-20-12-22(18(2)28-13-20)31-27(38)26-24-9-8-19(15-36(24)33-32-26)21-14-29-35-11-4-3-7-23(21)35/h8-9,12-15,17H,3-7,10-11,16H2,1-2H3,(H,30,37)(H,31,38)/t17-/m0/s1. The van der Waals surface area contributed by atoms with Crippen molar-refractivity contribution in [3.8, 4) is 11.1 Å². The van der Waals surface area contributed by atoms with Crippen LogP contribution in [0.4, 0.5) is 11.4 Å². The lowest BCUT2D eigenvalue weighted by Crippen LogP contribution is -2.35. The third-order valence-corrected chi connectivity index (χ3v) is 7.58. The number of hydrogen-bond donors (Lipinski definition) is 2. The number of aryl methyl sites for hydroxylation is 2. The molecule has 0 bridgehead atoms. The summed E-state index contributed by atoms with van der Waals surface area (Å²) in [4.78, 5) is 32.3. The van der Waals surface area contributed by atoms with E-state index < -0.39 is 5.91 Å². The Morgan fingerprint density at radius 2 is 2.00 bits per heavy atom. The number of aromatic nitrogens is 6. The van der Waals surface area contributed by atoms with Gasteiger partial charge >= 0.3 is 0 Å². The smallest absolute Gasteiger partial charge is 0.278 e. The number of fused-ring (bicyclic) bond motifs is 2. The van der Waals surface area contributed by atoms with Crippen molar-refractivity contribution in [2.24, 2.45) is 0 Å². The molecule has 0 aliphatic carbocycles. The molecule has 4 aromatic rings. The molecule has 0 spiro atoms. The van der Waals surface area contributed by atoms with Gasteiger partial charge in [-0.3, -0.25) is 24.2 Å². The largest absolute Gasteiger partial charge is 0.324 e. The van der Waals surface area contributed by atoms with Crippen molar-refractivity contribution in [1.82, 2.24) is 34.5 Å². The minimum Gasteiger partial charge on any atom is -0.324 e. The molecule has 0 aromatic carbocycles. The van der Waals surface area contributed by atoms with Crippen LogP contribution < -0.4 is 10.6 Å². The fourth-order valence-corrected chi connectivity index (χ4v) is 5.40. The third-order valence-electron chi connectivity index (χ3n) is 7.58. The van der Waals surface area contributed by atoms with Crippen LogP contribution in [0.3, 0.4) is 0 Å². The van der Waals surface area contributed by atoms with Crippen molar-refractivity contribution in [2.45, 2.75) is 58.5 Å². The highest BCUT2D eigenvalue weighted by Crippen LogP contribution is 2.28. The summed E-state index contributed by atoms with van der Waals surface area (Å²) in [5, 5.41) is 18.7. The van der Waals surface area contributed by atoms with E-state index >= 15 is 0 Å². The van der Waals surface area contributed by atoms with Gasteiger partial charge in [0.05, 0.1) is 41.5 Å². The molecule has 11 heteroatoms. The second-order valence-electron chi connectivity index (χ2n) is 10.2. The molecule has 0 radical (unpaired) electrons. The van der Waals surface area contributed by atoms with Gasteiger partial charge in [-0.2, -0.15) is 5.10 Å². The number of anilines is 2. The molecule has 6 heterocycles. The quantitative estimate of drug-likeness (QED) is 0.406. The SMILES string of the molecule is Cc1ncc(NC(=O)CN2CCC[C@@H]2C)cc1NC(=O)c1nnn2cc(-c3cnn4c3CCCC4)ccc12. The van der Waals surface area contributed by atoms with Gasteiger partial charge in [0.1, 0.15) is 0 Å². The van der Waals surface area contributed by atoms with E-state index in [1.54, 1.807) is 23.7 Å². The van der Waals surface area contributed by atoms with Crippen LogP contribution in [0.2, 0.25) is 0 Å². The van der Waals surface area contributed by atoms with E-state index in [-0.39, 0.29) is 11.6 Å². The Labute approximate surface area is 220 Å². The van der Waals surface area contributed by atoms with E-state index in [1.165, 1.54) is 5.69 Å². The van der Waals surface area contributed by atoms with E-state index in [2.05, 4.69) is 47.5 Å². The monoisotopic (exact) mass is 513 g/mol. The van der Waals surface area contributed by atoms with Crippen LogP contribution in [0.5, 0.6) is 0 Å². The molecule has 0 unspecified atom stereocenters. The summed E-state index contributed by atoms with van der Waals surface area (Å²) in [5.74, 6) is -0.489. The average Bonchev–Trinajstić information content (AvgIpc) is 3.64. The second kappa shape index (κ2) is 9.97. The molecular formula is C27H31N9O2. The molecule has 0 saturated carbocycles. The molecule has 196 valence electrons. The van der Waals surface area contributed by atoms with Crippen molar-refractivity contribution in [2.75, 3.05) is 23.7 Å². The number of amides is 2. The number of rotatable bonds is 6. The number of nitrogens with one attached hydrogen (secondary N) is 2. The van der Waals surface area contributed by atoms with Crippen LogP contribution in [-0.4, -0.2) is 65.4 Å². The lowest BCUT2D eigenvalue weighted by atomic mass is 10.0. The summed E-state index contributed by atoms with van der Waals surface area (Å²) >= 11 is 0. The van der Waals surface area contributed by atoms with Crippen molar-refractivity contribution in [3.63, 3.8) is 0 Å². The van der Waals surface area contributed by atoms with Crippen LogP contribution in [-0.2, 0) is 17.8 Å². The number of likely N-dealkylation sites (tertiary alicyclic amines) is 1. The summed E-state index contributed by atoms with van der Waals surface area (Å²) in [5.41, 5.74) is 5.80. The molecule has 2 amide bonds. The Balaban J connectivity index is 1.18. The Hall–Kier alpha value is -4.12. The second-order valence-corrected chi connectivity index (χ2v) is 10.2. The maximum absolute atomic E-state index is 13.2. The van der Waals surface area contributed by atoms with Gasteiger partial charge in [0.2, 0.25) is 5.91 Å². The highest BCUT2D eigenvalue weighted by atomic mass is 16.2. The summed E-state index contributed by atoms with van der Waals surface area (Å²) in [7, 11) is 0. The predicted molar refractivity (Wildman–Crippen MR) is 143 cm³/mol. The first-order valence-electron chi connectivity index (χ1n) is 13.2. The minimum atomic E-state index is -0.394. The zero-order valence-electron chi connectivity index (χ0n) is 21.6. The lowest BCUT2D eigenvalue weighted by molar-refractivity contribution is -0.117. The van der Waals surface area contributed by atoms with Crippen molar-refractivity contribution in [3.05, 3.63) is 53.9 Å². The molecule has 6 rings (SSSR count). The normalized spacial score (nSPS) is 17.5. The Morgan fingerprint density at radius 1 is 1.11 bits per heavy atom. The van der Waals surface area contributed by atoms with Crippen LogP contribution in [0.25, 0.3) is 16.6 Å². The third kappa shape index (κ3) is 4.65. The molecule has 1 saturated heterocycles. The van der Waals surface area contributed by atoms with Gasteiger partial charge in [-0.15, -0.1) is 5.10 Å². The Morgan fingerprint density at radius 3 is 2.84 bits per heavy atom. The minimum absolute atomic E-state index is 0.0959. The van der Waals surface area contributed by atoms with Crippen molar-refractivity contribution >= 4 is 28.7 Å². The molecule has 1 atom stereocenters. The van der Waals surface area contributed by atoms with Crippen molar-refractivity contribution in [1.29, 1.82) is 0 Å². The summed E-state index contributed by atoms with van der Waals surface area (Å²) in [6, 6.07) is 5.97.